The van der Waals surface area contributed by atoms with Crippen LogP contribution in [0.25, 0.3) is 0 Å². The Morgan fingerprint density at radius 2 is 1.89 bits per heavy atom. The third-order valence-electron chi connectivity index (χ3n) is 3.06. The Kier molecular flexibility index (Phi) is 5.89. The van der Waals surface area contributed by atoms with Crippen LogP contribution in [0.3, 0.4) is 0 Å². The summed E-state index contributed by atoms with van der Waals surface area (Å²) in [7, 11) is 1.64. The molecule has 1 rings (SSSR count). The van der Waals surface area contributed by atoms with E-state index in [9.17, 15) is 5.11 Å². The van der Waals surface area contributed by atoms with Crippen LogP contribution < -0.4 is 4.74 Å². The molecule has 3 nitrogen and oxygen atoms in total. The molecule has 0 aromatic heterocycles. The van der Waals surface area contributed by atoms with Crippen molar-refractivity contribution in [3.63, 3.8) is 0 Å². The summed E-state index contributed by atoms with van der Waals surface area (Å²) >= 11 is 0. The minimum atomic E-state index is -0.527. The molecule has 1 N–H and O–H groups in total. The molecule has 0 amide bonds. The number of rotatable bonds is 7. The highest BCUT2D eigenvalue weighted by molar-refractivity contribution is 5.26. The van der Waals surface area contributed by atoms with Gasteiger partial charge in [-0.25, -0.2) is 0 Å². The third-order valence-corrected chi connectivity index (χ3v) is 3.06. The van der Waals surface area contributed by atoms with Crippen LogP contribution >= 0.6 is 0 Å². The molecule has 0 fully saturated rings. The topological polar surface area (TPSA) is 38.7 Å². The summed E-state index contributed by atoms with van der Waals surface area (Å²) in [5, 5.41) is 9.93. The SMILES string of the molecule is C=C[C@@H](C)[C@H](O)[C@@H](C)OCc1ccc(OC)cc1. The number of hydrogen-bond acceptors (Lipinski definition) is 3. The Morgan fingerprint density at radius 1 is 1.28 bits per heavy atom. The average Bonchev–Trinajstić information content (AvgIpc) is 2.43. The summed E-state index contributed by atoms with van der Waals surface area (Å²) in [5.41, 5.74) is 1.06. The van der Waals surface area contributed by atoms with Gasteiger partial charge in [0.15, 0.2) is 0 Å². The molecule has 0 spiro atoms. The molecule has 1 aromatic rings. The van der Waals surface area contributed by atoms with Crippen molar-refractivity contribution in [3.8, 4) is 5.75 Å². The van der Waals surface area contributed by atoms with Crippen LogP contribution in [0.5, 0.6) is 5.75 Å². The Labute approximate surface area is 109 Å². The van der Waals surface area contributed by atoms with E-state index >= 15 is 0 Å². The fourth-order valence-corrected chi connectivity index (χ4v) is 1.61. The van der Waals surface area contributed by atoms with E-state index in [1.807, 2.05) is 38.1 Å². The van der Waals surface area contributed by atoms with Gasteiger partial charge in [0.25, 0.3) is 0 Å². The van der Waals surface area contributed by atoms with Crippen LogP contribution in [-0.4, -0.2) is 24.4 Å². The van der Waals surface area contributed by atoms with Gasteiger partial charge in [-0.2, -0.15) is 0 Å². The largest absolute Gasteiger partial charge is 0.497 e. The van der Waals surface area contributed by atoms with Gasteiger partial charge in [0.1, 0.15) is 5.75 Å². The van der Waals surface area contributed by atoms with Gasteiger partial charge in [-0.05, 0) is 24.6 Å². The van der Waals surface area contributed by atoms with Gasteiger partial charge in [0.2, 0.25) is 0 Å². The first-order valence-corrected chi connectivity index (χ1v) is 6.13. The smallest absolute Gasteiger partial charge is 0.118 e. The lowest BCUT2D eigenvalue weighted by Crippen LogP contribution is -2.31. The maximum atomic E-state index is 9.93. The quantitative estimate of drug-likeness (QED) is 0.756. The summed E-state index contributed by atoms with van der Waals surface area (Å²) in [5.74, 6) is 0.850. The van der Waals surface area contributed by atoms with Crippen LogP contribution in [0.15, 0.2) is 36.9 Å². The van der Waals surface area contributed by atoms with E-state index in [2.05, 4.69) is 6.58 Å². The van der Waals surface area contributed by atoms with Crippen LogP contribution in [0.1, 0.15) is 19.4 Å². The van der Waals surface area contributed by atoms with Crippen LogP contribution in [0, 0.1) is 5.92 Å². The molecule has 0 saturated carbocycles. The number of hydrogen-bond donors (Lipinski definition) is 1. The first-order chi connectivity index (χ1) is 8.58. The number of benzene rings is 1. The Balaban J connectivity index is 2.46. The molecule has 1 aromatic carbocycles. The third kappa shape index (κ3) is 4.17. The van der Waals surface area contributed by atoms with Gasteiger partial charge in [0, 0.05) is 5.92 Å². The lowest BCUT2D eigenvalue weighted by Gasteiger charge is -2.23. The second-order valence-electron chi connectivity index (χ2n) is 4.45. The van der Waals surface area contributed by atoms with Crippen molar-refractivity contribution < 1.29 is 14.6 Å². The van der Waals surface area contributed by atoms with Crippen molar-refractivity contribution >= 4 is 0 Å². The van der Waals surface area contributed by atoms with Crippen molar-refractivity contribution in [2.24, 2.45) is 5.92 Å². The summed E-state index contributed by atoms with van der Waals surface area (Å²) < 4.78 is 10.7. The van der Waals surface area contributed by atoms with Gasteiger partial charge in [0.05, 0.1) is 25.9 Å². The van der Waals surface area contributed by atoms with Crippen molar-refractivity contribution in [1.82, 2.24) is 0 Å². The normalized spacial score (nSPS) is 15.8. The monoisotopic (exact) mass is 250 g/mol. The van der Waals surface area contributed by atoms with Gasteiger partial charge in [-0.3, -0.25) is 0 Å². The fourth-order valence-electron chi connectivity index (χ4n) is 1.61. The zero-order chi connectivity index (χ0) is 13.5. The fraction of sp³-hybridized carbons (Fsp3) is 0.467. The highest BCUT2D eigenvalue weighted by Gasteiger charge is 2.19. The Morgan fingerprint density at radius 3 is 2.39 bits per heavy atom. The van der Waals surface area contributed by atoms with Gasteiger partial charge < -0.3 is 14.6 Å². The molecule has 100 valence electrons. The van der Waals surface area contributed by atoms with Crippen molar-refractivity contribution in [2.45, 2.75) is 32.7 Å². The van der Waals surface area contributed by atoms with Crippen molar-refractivity contribution in [3.05, 3.63) is 42.5 Å². The molecule has 3 atom stereocenters. The lowest BCUT2D eigenvalue weighted by molar-refractivity contribution is -0.0487. The molecular weight excluding hydrogens is 228 g/mol. The molecule has 0 aliphatic carbocycles. The van der Waals surface area contributed by atoms with E-state index in [0.717, 1.165) is 11.3 Å². The Bertz CT molecular complexity index is 359. The lowest BCUT2D eigenvalue weighted by atomic mass is 10.0. The standard InChI is InChI=1S/C15H22O3/c1-5-11(2)15(16)12(3)18-10-13-6-8-14(17-4)9-7-13/h5-9,11-12,15-16H,1,10H2,2-4H3/t11-,12-,15+/m1/s1. The first kappa shape index (κ1) is 14.7. The molecule has 0 saturated heterocycles. The predicted octanol–water partition coefficient (Wildman–Crippen LogP) is 2.78. The minimum absolute atomic E-state index is 0.0240. The molecule has 0 heterocycles. The summed E-state index contributed by atoms with van der Waals surface area (Å²) in [6.45, 7) is 7.94. The molecule has 0 aliphatic heterocycles. The maximum Gasteiger partial charge on any atom is 0.118 e. The van der Waals surface area contributed by atoms with Gasteiger partial charge in [-0.15, -0.1) is 6.58 Å². The molecule has 0 radical (unpaired) electrons. The molecular formula is C15H22O3. The van der Waals surface area contributed by atoms with E-state index in [1.165, 1.54) is 0 Å². The van der Waals surface area contributed by atoms with E-state index in [1.54, 1.807) is 13.2 Å². The summed E-state index contributed by atoms with van der Waals surface area (Å²) in [4.78, 5) is 0. The average molecular weight is 250 g/mol. The molecule has 0 bridgehead atoms. The van der Waals surface area contributed by atoms with E-state index in [-0.39, 0.29) is 12.0 Å². The van der Waals surface area contributed by atoms with Gasteiger partial charge >= 0.3 is 0 Å². The highest BCUT2D eigenvalue weighted by atomic mass is 16.5. The van der Waals surface area contributed by atoms with Crippen molar-refractivity contribution in [1.29, 1.82) is 0 Å². The zero-order valence-electron chi connectivity index (χ0n) is 11.3. The van der Waals surface area contributed by atoms with E-state index < -0.39 is 6.10 Å². The Hall–Kier alpha value is -1.32. The van der Waals surface area contributed by atoms with E-state index in [4.69, 9.17) is 9.47 Å². The van der Waals surface area contributed by atoms with E-state index in [0.29, 0.717) is 6.61 Å². The number of ether oxygens (including phenoxy) is 2. The van der Waals surface area contributed by atoms with Crippen LogP contribution in [0.4, 0.5) is 0 Å². The number of aliphatic hydroxyl groups is 1. The number of methoxy groups -OCH3 is 1. The second-order valence-corrected chi connectivity index (χ2v) is 4.45. The highest BCUT2D eigenvalue weighted by Crippen LogP contribution is 2.15. The molecule has 0 unspecified atom stereocenters. The second kappa shape index (κ2) is 7.19. The van der Waals surface area contributed by atoms with Gasteiger partial charge in [-0.1, -0.05) is 25.1 Å². The molecule has 0 aliphatic rings. The maximum absolute atomic E-state index is 9.93. The van der Waals surface area contributed by atoms with Crippen LogP contribution in [-0.2, 0) is 11.3 Å². The predicted molar refractivity (Wildman–Crippen MR) is 72.6 cm³/mol. The first-order valence-electron chi connectivity index (χ1n) is 6.13. The summed E-state index contributed by atoms with van der Waals surface area (Å²) in [6, 6.07) is 7.70. The minimum Gasteiger partial charge on any atom is -0.497 e. The number of aliphatic hydroxyl groups excluding tert-OH is 1. The molecule has 18 heavy (non-hydrogen) atoms. The van der Waals surface area contributed by atoms with Crippen molar-refractivity contribution in [2.75, 3.05) is 7.11 Å². The molecule has 3 heteroatoms. The summed E-state index contributed by atoms with van der Waals surface area (Å²) in [6.07, 6.45) is 0.985. The zero-order valence-corrected chi connectivity index (χ0v) is 11.3. The van der Waals surface area contributed by atoms with Crippen LogP contribution in [0.2, 0.25) is 0 Å².